The van der Waals surface area contributed by atoms with Gasteiger partial charge in [0, 0.05) is 0 Å². The molecule has 0 atom stereocenters. The summed E-state index contributed by atoms with van der Waals surface area (Å²) in [4.78, 5) is 12.2. The van der Waals surface area contributed by atoms with Crippen LogP contribution in [0, 0.1) is 0 Å². The van der Waals surface area contributed by atoms with E-state index >= 15 is 0 Å². The Hall–Kier alpha value is -1.42. The maximum Gasteiger partial charge on any atom is 0.507 e. The van der Waals surface area contributed by atoms with Crippen LogP contribution in [-0.2, 0) is 9.47 Å². The van der Waals surface area contributed by atoms with Crippen molar-refractivity contribution in [3.8, 4) is 0 Å². The van der Waals surface area contributed by atoms with Crippen molar-refractivity contribution >= 4 is 38.5 Å². The number of ether oxygens (including phenoxy) is 2. The molecule has 0 aliphatic heterocycles. The highest BCUT2D eigenvalue weighted by atomic mass is 28.4. The lowest BCUT2D eigenvalue weighted by Crippen LogP contribution is -2.46. The predicted molar refractivity (Wildman–Crippen MR) is 135 cm³/mol. The van der Waals surface area contributed by atoms with Crippen LogP contribution in [0.4, 0.5) is 4.79 Å². The van der Waals surface area contributed by atoms with Gasteiger partial charge in [0.2, 0.25) is 0 Å². The van der Waals surface area contributed by atoms with Crippen LogP contribution in [0.1, 0.15) is 0 Å². The zero-order valence-electron chi connectivity index (χ0n) is 18.3. The maximum atomic E-state index is 12.2. The molecule has 0 spiro atoms. The van der Waals surface area contributed by atoms with E-state index < -0.39 is 38.5 Å². The molecule has 0 radical (unpaired) electrons. The fourth-order valence-electron chi connectivity index (χ4n) is 3.24. The molecule has 3 nitrogen and oxygen atoms in total. The Morgan fingerprint density at radius 2 is 0.893 bits per heavy atom. The number of carbonyl (C=O) groups excluding carboxylic acids is 1. The first-order valence-corrected chi connectivity index (χ1v) is 21.2. The van der Waals surface area contributed by atoms with Crippen molar-refractivity contribution in [2.24, 2.45) is 0 Å². The van der Waals surface area contributed by atoms with Crippen LogP contribution in [0.5, 0.6) is 0 Å². The predicted octanol–water partition coefficient (Wildman–Crippen LogP) is 5.96. The highest BCUT2D eigenvalue weighted by molar-refractivity contribution is 7.04. The number of hydrogen-bond donors (Lipinski definition) is 0. The van der Waals surface area contributed by atoms with Gasteiger partial charge in [-0.3, -0.25) is 0 Å². The Morgan fingerprint density at radius 1 is 0.643 bits per heavy atom. The van der Waals surface area contributed by atoms with Crippen molar-refractivity contribution < 1.29 is 14.3 Å². The molecule has 0 bridgehead atoms. The van der Waals surface area contributed by atoms with Crippen molar-refractivity contribution in [2.45, 2.75) is 37.5 Å². The van der Waals surface area contributed by atoms with E-state index in [9.17, 15) is 4.79 Å². The Morgan fingerprint density at radius 3 is 1.11 bits per heavy atom. The highest BCUT2D eigenvalue weighted by Crippen LogP contribution is 2.24. The standard InChI is InChI=1S/C21H38O3Si4/c1-11-27(12-2,13-3)19-25(7,8)17-23-21(22)24-18-26(9,10)20-28(14-4,15-5)16-6/h11-16H,1-6,17-20H2,7-10H3. The molecule has 0 aliphatic carbocycles. The lowest BCUT2D eigenvalue weighted by Gasteiger charge is -2.31. The summed E-state index contributed by atoms with van der Waals surface area (Å²) in [5, 5.41) is 0. The van der Waals surface area contributed by atoms with Gasteiger partial charge >= 0.3 is 6.16 Å². The number of rotatable bonds is 14. The van der Waals surface area contributed by atoms with E-state index in [1.54, 1.807) is 0 Å². The normalized spacial score (nSPS) is 12.4. The summed E-state index contributed by atoms with van der Waals surface area (Å²) in [6.07, 6.45) is 0.262. The molecule has 0 aromatic carbocycles. The van der Waals surface area contributed by atoms with Gasteiger partial charge in [-0.2, -0.15) is 0 Å². The summed E-state index contributed by atoms with van der Waals surface area (Å²) in [6, 6.07) is 0. The average molecular weight is 451 g/mol. The highest BCUT2D eigenvalue weighted by Gasteiger charge is 2.36. The smallest absolute Gasteiger partial charge is 0.438 e. The summed E-state index contributed by atoms with van der Waals surface area (Å²) in [6.45, 7) is 32.6. The van der Waals surface area contributed by atoms with Crippen LogP contribution in [0.3, 0.4) is 0 Å². The zero-order chi connectivity index (χ0) is 22.1. The first-order valence-electron chi connectivity index (χ1n) is 9.49. The monoisotopic (exact) mass is 450 g/mol. The average Bonchev–Trinajstić information content (AvgIpc) is 2.67. The van der Waals surface area contributed by atoms with E-state index in [0.29, 0.717) is 12.5 Å². The molecule has 0 saturated heterocycles. The van der Waals surface area contributed by atoms with Gasteiger partial charge in [-0.1, -0.05) is 60.4 Å². The molecule has 7 heteroatoms. The summed E-state index contributed by atoms with van der Waals surface area (Å²) < 4.78 is 11.0. The molecule has 0 heterocycles. The summed E-state index contributed by atoms with van der Waals surface area (Å²) in [5.41, 5.74) is 13.9. The molecule has 0 fully saturated rings. The van der Waals surface area contributed by atoms with Gasteiger partial charge in [0.1, 0.15) is 16.1 Å². The zero-order valence-corrected chi connectivity index (χ0v) is 22.3. The van der Waals surface area contributed by atoms with Crippen molar-refractivity contribution in [1.29, 1.82) is 0 Å². The molecule has 0 unspecified atom stereocenters. The Kier molecular flexibility index (Phi) is 10.4. The van der Waals surface area contributed by atoms with Crippen molar-refractivity contribution in [2.75, 3.05) is 12.5 Å². The molecule has 28 heavy (non-hydrogen) atoms. The molecule has 156 valence electrons. The van der Waals surface area contributed by atoms with Crippen molar-refractivity contribution in [1.82, 2.24) is 0 Å². The maximum absolute atomic E-state index is 12.2. The molecule has 0 saturated carbocycles. The molecule has 0 aliphatic rings. The van der Waals surface area contributed by atoms with Crippen LogP contribution in [0.15, 0.2) is 73.7 Å². The molecular formula is C21H38O3Si4. The van der Waals surface area contributed by atoms with Crippen molar-refractivity contribution in [3.63, 3.8) is 0 Å². The quantitative estimate of drug-likeness (QED) is 0.242. The van der Waals surface area contributed by atoms with E-state index in [-0.39, 0.29) is 0 Å². The summed E-state index contributed by atoms with van der Waals surface area (Å²) >= 11 is 0. The lowest BCUT2D eigenvalue weighted by atomic mass is 11.2. The molecular weight excluding hydrogens is 413 g/mol. The second-order valence-corrected chi connectivity index (χ2v) is 27.9. The van der Waals surface area contributed by atoms with E-state index in [0.717, 1.165) is 11.3 Å². The minimum absolute atomic E-state index is 0.419. The summed E-state index contributed by atoms with van der Waals surface area (Å²) in [7, 11) is -7.40. The first kappa shape index (κ1) is 26.6. The van der Waals surface area contributed by atoms with E-state index in [1.807, 2.05) is 34.2 Å². The van der Waals surface area contributed by atoms with E-state index in [4.69, 9.17) is 9.47 Å². The Labute approximate surface area is 176 Å². The molecule has 0 aromatic heterocycles. The summed E-state index contributed by atoms with van der Waals surface area (Å²) in [5.74, 6) is 0. The Balaban J connectivity index is 4.78. The first-order chi connectivity index (χ1) is 12.9. The fourth-order valence-corrected chi connectivity index (χ4v) is 22.8. The van der Waals surface area contributed by atoms with Gasteiger partial charge in [0.05, 0.1) is 28.6 Å². The topological polar surface area (TPSA) is 35.5 Å². The van der Waals surface area contributed by atoms with Gasteiger partial charge in [-0.25, -0.2) is 4.79 Å². The minimum atomic E-state index is -1.91. The van der Waals surface area contributed by atoms with E-state index in [2.05, 4.69) is 65.7 Å². The lowest BCUT2D eigenvalue weighted by molar-refractivity contribution is 0.0778. The second-order valence-electron chi connectivity index (χ2n) is 8.96. The third kappa shape index (κ3) is 8.30. The Bertz CT molecular complexity index is 528. The largest absolute Gasteiger partial charge is 0.507 e. The molecule has 0 amide bonds. The SMILES string of the molecule is C=C[Si](C=C)(C=C)C[Si](C)(C)COC(=O)OC[Si](C)(C)C[Si](C=C)(C=C)C=C. The van der Waals surface area contributed by atoms with Crippen LogP contribution in [-0.4, -0.2) is 50.9 Å². The van der Waals surface area contributed by atoms with Crippen LogP contribution < -0.4 is 0 Å². The third-order valence-corrected chi connectivity index (χ3v) is 24.0. The van der Waals surface area contributed by atoms with Crippen LogP contribution in [0.2, 0.25) is 37.5 Å². The number of hydrogen-bond acceptors (Lipinski definition) is 3. The number of carbonyl (C=O) groups is 1. The second kappa shape index (κ2) is 10.9. The fraction of sp³-hybridized carbons (Fsp3) is 0.381. The third-order valence-electron chi connectivity index (χ3n) is 5.01. The van der Waals surface area contributed by atoms with Gasteiger partial charge in [-0.15, -0.1) is 39.5 Å². The molecule has 0 rings (SSSR count). The van der Waals surface area contributed by atoms with E-state index in [1.165, 1.54) is 0 Å². The molecule has 0 aromatic rings. The minimum Gasteiger partial charge on any atom is -0.438 e. The van der Waals surface area contributed by atoms with Gasteiger partial charge < -0.3 is 9.47 Å². The molecule has 0 N–H and O–H groups in total. The van der Waals surface area contributed by atoms with Gasteiger partial charge in [0.15, 0.2) is 0 Å². The van der Waals surface area contributed by atoms with Crippen LogP contribution in [0.25, 0.3) is 0 Å². The van der Waals surface area contributed by atoms with Gasteiger partial charge in [0.25, 0.3) is 0 Å². The van der Waals surface area contributed by atoms with Gasteiger partial charge in [-0.05, 0) is 11.3 Å². The van der Waals surface area contributed by atoms with Crippen LogP contribution >= 0.6 is 0 Å². The van der Waals surface area contributed by atoms with Crippen molar-refractivity contribution in [3.05, 3.63) is 73.7 Å².